The Kier molecular flexibility index (Phi) is 7.66. The third kappa shape index (κ3) is 6.53. The number of ether oxygens (including phenoxy) is 1. The van der Waals surface area contributed by atoms with Crippen LogP contribution in [-0.2, 0) is 15.6 Å². The van der Waals surface area contributed by atoms with Crippen LogP contribution >= 0.6 is 15.9 Å². The molecule has 0 spiro atoms. The van der Waals surface area contributed by atoms with Crippen molar-refractivity contribution in [2.45, 2.75) is 52.4 Å². The van der Waals surface area contributed by atoms with Crippen LogP contribution in [-0.4, -0.2) is 28.8 Å². The average Bonchev–Trinajstić information content (AvgIpc) is 2.66. The molecule has 2 aromatic carbocycles. The Hall–Kier alpha value is -2.94. The topological polar surface area (TPSA) is 114 Å². The zero-order valence-electron chi connectivity index (χ0n) is 19.0. The maximum atomic E-state index is 12.1. The minimum Gasteiger partial charge on any atom is -0.507 e. The molecule has 1 amide bonds. The van der Waals surface area contributed by atoms with E-state index in [9.17, 15) is 20.0 Å². The van der Waals surface area contributed by atoms with Gasteiger partial charge in [-0.05, 0) is 50.5 Å². The van der Waals surface area contributed by atoms with E-state index in [1.165, 1.54) is 24.4 Å². The normalized spacial score (nSPS) is 12.1. The second-order valence-electron chi connectivity index (χ2n) is 9.42. The molecule has 2 aromatic rings. The highest BCUT2D eigenvalue weighted by atomic mass is 79.9. The van der Waals surface area contributed by atoms with Crippen LogP contribution in [0, 0.1) is 10.1 Å². The lowest BCUT2D eigenvalue weighted by atomic mass is 9.78. The van der Waals surface area contributed by atoms with Crippen LogP contribution < -0.4 is 10.2 Å². The van der Waals surface area contributed by atoms with E-state index in [1.54, 1.807) is 0 Å². The molecular weight excluding hydrogens is 478 g/mol. The van der Waals surface area contributed by atoms with Crippen LogP contribution in [0.25, 0.3) is 0 Å². The molecule has 2 N–H and O–H groups in total. The number of phenolic OH excluding ortho intramolecular Hbond substituents is 1. The fraction of sp³-hybridized carbons (Fsp3) is 0.391. The molecule has 0 heterocycles. The van der Waals surface area contributed by atoms with Crippen LogP contribution in [0.2, 0.25) is 0 Å². The van der Waals surface area contributed by atoms with Crippen molar-refractivity contribution in [3.05, 3.63) is 61.6 Å². The Morgan fingerprint density at radius 1 is 1.16 bits per heavy atom. The number of aromatic hydroxyl groups is 1. The van der Waals surface area contributed by atoms with Gasteiger partial charge in [0.25, 0.3) is 11.6 Å². The van der Waals surface area contributed by atoms with Crippen molar-refractivity contribution in [2.24, 2.45) is 5.10 Å². The molecule has 0 bridgehead atoms. The Balaban J connectivity index is 2.10. The molecule has 0 saturated heterocycles. The maximum Gasteiger partial charge on any atom is 0.277 e. The molecule has 0 fully saturated rings. The molecule has 0 saturated carbocycles. The first-order valence-electron chi connectivity index (χ1n) is 9.97. The van der Waals surface area contributed by atoms with Crippen molar-refractivity contribution < 1.29 is 19.6 Å². The second-order valence-corrected chi connectivity index (χ2v) is 10.3. The van der Waals surface area contributed by atoms with Crippen LogP contribution in [0.4, 0.5) is 5.69 Å². The lowest BCUT2D eigenvalue weighted by Gasteiger charge is -2.27. The molecule has 32 heavy (non-hydrogen) atoms. The number of benzene rings is 2. The van der Waals surface area contributed by atoms with Crippen molar-refractivity contribution in [2.75, 3.05) is 6.61 Å². The number of nitrogens with zero attached hydrogens (tertiary/aromatic N) is 2. The minimum atomic E-state index is -0.518. The second kappa shape index (κ2) is 9.68. The molecule has 2 rings (SSSR count). The molecule has 0 radical (unpaired) electrons. The van der Waals surface area contributed by atoms with E-state index in [-0.39, 0.29) is 28.9 Å². The Labute approximate surface area is 196 Å². The van der Waals surface area contributed by atoms with Gasteiger partial charge in [-0.3, -0.25) is 14.9 Å². The summed E-state index contributed by atoms with van der Waals surface area (Å²) in [6.45, 7) is 11.8. The summed E-state index contributed by atoms with van der Waals surface area (Å²) in [6, 6.07) is 7.71. The first kappa shape index (κ1) is 25.3. The summed E-state index contributed by atoms with van der Waals surface area (Å²) < 4.78 is 5.76. The number of hydrazone groups is 1. The smallest absolute Gasteiger partial charge is 0.277 e. The van der Waals surface area contributed by atoms with E-state index in [0.717, 1.165) is 16.7 Å². The highest BCUT2D eigenvalue weighted by molar-refractivity contribution is 9.10. The molecule has 0 atom stereocenters. The van der Waals surface area contributed by atoms with E-state index in [4.69, 9.17) is 4.74 Å². The molecule has 0 aliphatic heterocycles. The van der Waals surface area contributed by atoms with Crippen molar-refractivity contribution in [1.82, 2.24) is 5.43 Å². The van der Waals surface area contributed by atoms with E-state index < -0.39 is 10.8 Å². The van der Waals surface area contributed by atoms with Gasteiger partial charge in [0.15, 0.2) is 6.61 Å². The molecule has 0 aliphatic carbocycles. The van der Waals surface area contributed by atoms with Crippen molar-refractivity contribution >= 4 is 33.7 Å². The van der Waals surface area contributed by atoms with Gasteiger partial charge in [-0.25, -0.2) is 5.43 Å². The summed E-state index contributed by atoms with van der Waals surface area (Å²) in [5.41, 5.74) is 4.10. The first-order chi connectivity index (χ1) is 14.7. The lowest BCUT2D eigenvalue weighted by Crippen LogP contribution is -2.24. The molecule has 172 valence electrons. The molecular formula is C23H28BrN3O5. The highest BCUT2D eigenvalue weighted by Crippen LogP contribution is 2.39. The minimum absolute atomic E-state index is 0.0866. The van der Waals surface area contributed by atoms with Gasteiger partial charge in [0, 0.05) is 23.3 Å². The van der Waals surface area contributed by atoms with Crippen LogP contribution in [0.1, 0.15) is 58.2 Å². The number of halogens is 1. The number of hydrogen-bond donors (Lipinski definition) is 2. The van der Waals surface area contributed by atoms with Gasteiger partial charge in [0.1, 0.15) is 11.5 Å². The molecule has 0 aliphatic rings. The molecule has 0 aromatic heterocycles. The number of nitro benzene ring substituents is 1. The van der Waals surface area contributed by atoms with E-state index >= 15 is 0 Å². The van der Waals surface area contributed by atoms with Crippen LogP contribution in [0.5, 0.6) is 11.5 Å². The third-order valence-electron chi connectivity index (χ3n) is 4.64. The number of non-ortho nitro benzene ring substituents is 1. The molecule has 0 unspecified atom stereocenters. The number of nitrogens with one attached hydrogen (secondary N) is 1. The van der Waals surface area contributed by atoms with Gasteiger partial charge >= 0.3 is 0 Å². The quantitative estimate of drug-likeness (QED) is 0.318. The fourth-order valence-corrected chi connectivity index (χ4v) is 3.43. The SMILES string of the molecule is CC(C)(C)c1cc(/C=N\NC(=O)COc2ccc([N+](=O)[O-])cc2Br)cc(C(C)(C)C)c1O. The lowest BCUT2D eigenvalue weighted by molar-refractivity contribution is -0.384. The third-order valence-corrected chi connectivity index (χ3v) is 5.26. The van der Waals surface area contributed by atoms with E-state index in [1.807, 2.05) is 53.7 Å². The summed E-state index contributed by atoms with van der Waals surface area (Å²) in [7, 11) is 0. The van der Waals surface area contributed by atoms with Gasteiger partial charge in [-0.2, -0.15) is 5.10 Å². The number of amides is 1. The van der Waals surface area contributed by atoms with Crippen molar-refractivity contribution in [3.63, 3.8) is 0 Å². The summed E-state index contributed by atoms with van der Waals surface area (Å²) in [5, 5.41) is 25.6. The summed E-state index contributed by atoms with van der Waals surface area (Å²) in [5.74, 6) is 0.0866. The van der Waals surface area contributed by atoms with Crippen molar-refractivity contribution in [3.8, 4) is 11.5 Å². The predicted octanol–water partition coefficient (Wildman–Crippen LogP) is 5.19. The largest absolute Gasteiger partial charge is 0.507 e. The maximum absolute atomic E-state index is 12.1. The van der Waals surface area contributed by atoms with E-state index in [0.29, 0.717) is 10.2 Å². The number of rotatable bonds is 6. The highest BCUT2D eigenvalue weighted by Gasteiger charge is 2.26. The average molecular weight is 506 g/mol. The number of hydrogen-bond acceptors (Lipinski definition) is 6. The number of nitro groups is 1. The van der Waals surface area contributed by atoms with E-state index in [2.05, 4.69) is 26.5 Å². The Morgan fingerprint density at radius 3 is 2.19 bits per heavy atom. The molecule has 8 nitrogen and oxygen atoms in total. The first-order valence-corrected chi connectivity index (χ1v) is 10.8. The number of phenols is 1. The van der Waals surface area contributed by atoms with Gasteiger partial charge in [-0.15, -0.1) is 0 Å². The van der Waals surface area contributed by atoms with Gasteiger partial charge in [0.05, 0.1) is 15.6 Å². The van der Waals surface area contributed by atoms with Gasteiger partial charge < -0.3 is 9.84 Å². The monoisotopic (exact) mass is 505 g/mol. The number of carbonyl (C=O) groups excluding carboxylic acids is 1. The van der Waals surface area contributed by atoms with Crippen molar-refractivity contribution in [1.29, 1.82) is 0 Å². The molecule has 9 heteroatoms. The fourth-order valence-electron chi connectivity index (χ4n) is 2.95. The summed E-state index contributed by atoms with van der Waals surface area (Å²) in [4.78, 5) is 22.4. The Morgan fingerprint density at radius 2 is 1.72 bits per heavy atom. The Bertz CT molecular complexity index is 1020. The van der Waals surface area contributed by atoms with Crippen LogP contribution in [0.3, 0.4) is 0 Å². The van der Waals surface area contributed by atoms with Gasteiger partial charge in [-0.1, -0.05) is 41.5 Å². The van der Waals surface area contributed by atoms with Gasteiger partial charge in [0.2, 0.25) is 0 Å². The summed E-state index contributed by atoms with van der Waals surface area (Å²) in [6.07, 6.45) is 1.52. The van der Waals surface area contributed by atoms with Crippen LogP contribution in [0.15, 0.2) is 39.9 Å². The predicted molar refractivity (Wildman–Crippen MR) is 128 cm³/mol. The summed E-state index contributed by atoms with van der Waals surface area (Å²) >= 11 is 3.19. The standard InChI is InChI=1S/C23H28BrN3O5/c1-22(2,3)16-9-14(10-17(21(16)29)23(4,5)6)12-25-26-20(28)13-32-19-8-7-15(27(30)31)11-18(19)24/h7-12,29H,13H2,1-6H3,(H,26,28)/b25-12-. The zero-order chi connectivity index (χ0) is 24.3. The number of carbonyl (C=O) groups is 1. The zero-order valence-corrected chi connectivity index (χ0v) is 20.6.